The van der Waals surface area contributed by atoms with E-state index in [1.54, 1.807) is 12.1 Å². The summed E-state index contributed by atoms with van der Waals surface area (Å²) in [5.74, 6) is 1.99. The summed E-state index contributed by atoms with van der Waals surface area (Å²) in [6, 6.07) is 9.12. The van der Waals surface area contributed by atoms with E-state index in [0.29, 0.717) is 30.5 Å². The fourth-order valence-electron chi connectivity index (χ4n) is 3.22. The second kappa shape index (κ2) is 7.59. The first-order chi connectivity index (χ1) is 12.8. The van der Waals surface area contributed by atoms with E-state index in [-0.39, 0.29) is 5.91 Å². The molecule has 2 aliphatic rings. The van der Waals surface area contributed by atoms with E-state index in [0.717, 1.165) is 37.4 Å². The Hall–Kier alpha value is -2.83. The molecule has 1 amide bonds. The molecule has 4 rings (SSSR count). The molecular weight excluding hydrogens is 332 g/mol. The van der Waals surface area contributed by atoms with Crippen LogP contribution in [0.1, 0.15) is 36.2 Å². The van der Waals surface area contributed by atoms with Gasteiger partial charge in [0.05, 0.1) is 0 Å². The minimum Gasteiger partial charge on any atom is -0.486 e. The first-order valence-corrected chi connectivity index (χ1v) is 9.09. The third-order valence-electron chi connectivity index (χ3n) is 4.59. The van der Waals surface area contributed by atoms with Crippen LogP contribution in [-0.4, -0.2) is 47.3 Å². The summed E-state index contributed by atoms with van der Waals surface area (Å²) in [5.41, 5.74) is 1.22. The van der Waals surface area contributed by atoms with Crippen LogP contribution in [0.4, 0.5) is 11.5 Å². The first kappa shape index (κ1) is 16.6. The van der Waals surface area contributed by atoms with E-state index >= 15 is 0 Å². The molecule has 0 spiro atoms. The number of hydrogen-bond acceptors (Lipinski definition) is 6. The summed E-state index contributed by atoms with van der Waals surface area (Å²) >= 11 is 0. The molecule has 0 bridgehead atoms. The van der Waals surface area contributed by atoms with Crippen LogP contribution < -0.4 is 14.8 Å². The normalized spacial score (nSPS) is 16.7. The molecule has 2 aromatic rings. The van der Waals surface area contributed by atoms with Crippen LogP contribution in [0.25, 0.3) is 0 Å². The Kier molecular flexibility index (Phi) is 4.86. The zero-order valence-electron chi connectivity index (χ0n) is 14.6. The highest BCUT2D eigenvalue weighted by molar-refractivity contribution is 5.92. The van der Waals surface area contributed by atoms with Crippen LogP contribution in [0.2, 0.25) is 0 Å². The fraction of sp³-hybridized carbons (Fsp3) is 0.421. The Morgan fingerprint density at radius 3 is 2.42 bits per heavy atom. The van der Waals surface area contributed by atoms with Crippen molar-refractivity contribution in [2.75, 3.05) is 31.6 Å². The number of rotatable bonds is 3. The van der Waals surface area contributed by atoms with Crippen molar-refractivity contribution in [3.8, 4) is 11.5 Å². The Bertz CT molecular complexity index is 771. The van der Waals surface area contributed by atoms with Crippen molar-refractivity contribution in [3.05, 3.63) is 36.0 Å². The summed E-state index contributed by atoms with van der Waals surface area (Å²) < 4.78 is 11.1. The minimum atomic E-state index is -0.0368. The van der Waals surface area contributed by atoms with Gasteiger partial charge in [0, 0.05) is 24.8 Å². The second-order valence-corrected chi connectivity index (χ2v) is 6.49. The average Bonchev–Trinajstić information content (AvgIpc) is 2.97. The molecule has 0 atom stereocenters. The number of carbonyl (C=O) groups excluding carboxylic acids is 1. The number of ether oxygens (including phenoxy) is 2. The topological polar surface area (TPSA) is 76.6 Å². The van der Waals surface area contributed by atoms with Crippen LogP contribution in [0, 0.1) is 0 Å². The van der Waals surface area contributed by atoms with Crippen molar-refractivity contribution in [1.82, 2.24) is 15.1 Å². The summed E-state index contributed by atoms with van der Waals surface area (Å²) in [6.45, 7) is 2.72. The number of fused-ring (bicyclic) bond motifs is 1. The lowest BCUT2D eigenvalue weighted by Crippen LogP contribution is -2.32. The number of benzene rings is 1. The lowest BCUT2D eigenvalue weighted by molar-refractivity contribution is 0.0754. The predicted molar refractivity (Wildman–Crippen MR) is 97.1 cm³/mol. The van der Waals surface area contributed by atoms with Crippen molar-refractivity contribution in [2.45, 2.75) is 25.7 Å². The van der Waals surface area contributed by atoms with Gasteiger partial charge in [-0.15, -0.1) is 10.2 Å². The van der Waals surface area contributed by atoms with Gasteiger partial charge in [0.1, 0.15) is 13.2 Å². The number of amides is 1. The van der Waals surface area contributed by atoms with Crippen LogP contribution in [0.15, 0.2) is 30.3 Å². The molecule has 26 heavy (non-hydrogen) atoms. The van der Waals surface area contributed by atoms with Gasteiger partial charge in [0.2, 0.25) is 0 Å². The summed E-state index contributed by atoms with van der Waals surface area (Å²) in [5, 5.41) is 11.4. The minimum absolute atomic E-state index is 0.0368. The molecule has 1 saturated heterocycles. The SMILES string of the molecule is O=C(c1ccc(Nc2ccc3c(c2)OCCO3)nn1)N1CCCCCC1. The Morgan fingerprint density at radius 1 is 0.923 bits per heavy atom. The number of nitrogens with zero attached hydrogens (tertiary/aromatic N) is 3. The molecule has 7 heteroatoms. The highest BCUT2D eigenvalue weighted by Crippen LogP contribution is 2.33. The fourth-order valence-corrected chi connectivity index (χ4v) is 3.22. The molecule has 1 N–H and O–H groups in total. The Morgan fingerprint density at radius 2 is 1.69 bits per heavy atom. The molecule has 0 saturated carbocycles. The lowest BCUT2D eigenvalue weighted by Gasteiger charge is -2.20. The molecule has 136 valence electrons. The van der Waals surface area contributed by atoms with Gasteiger partial charge in [-0.2, -0.15) is 0 Å². The Labute approximate surface area is 152 Å². The zero-order chi connectivity index (χ0) is 17.8. The zero-order valence-corrected chi connectivity index (χ0v) is 14.6. The molecule has 1 fully saturated rings. The molecule has 0 radical (unpaired) electrons. The highest BCUT2D eigenvalue weighted by Gasteiger charge is 2.19. The molecule has 1 aromatic carbocycles. The quantitative estimate of drug-likeness (QED) is 0.913. The number of nitrogens with one attached hydrogen (secondary N) is 1. The largest absolute Gasteiger partial charge is 0.486 e. The van der Waals surface area contributed by atoms with E-state index in [1.807, 2.05) is 23.1 Å². The first-order valence-electron chi connectivity index (χ1n) is 9.09. The molecule has 1 aromatic heterocycles. The van der Waals surface area contributed by atoms with E-state index in [1.165, 1.54) is 12.8 Å². The average molecular weight is 354 g/mol. The van der Waals surface area contributed by atoms with Gasteiger partial charge in [-0.1, -0.05) is 12.8 Å². The van der Waals surface area contributed by atoms with Gasteiger partial charge in [0.25, 0.3) is 5.91 Å². The maximum absolute atomic E-state index is 12.6. The molecule has 0 unspecified atom stereocenters. The summed E-state index contributed by atoms with van der Waals surface area (Å²) in [6.07, 6.45) is 4.49. The lowest BCUT2D eigenvalue weighted by atomic mass is 10.2. The van der Waals surface area contributed by atoms with Gasteiger partial charge < -0.3 is 19.7 Å². The standard InChI is InChI=1S/C19H22N4O3/c24-19(23-9-3-1-2-4-10-23)15-6-8-18(22-21-15)20-14-5-7-16-17(13-14)26-12-11-25-16/h5-8,13H,1-4,9-12H2,(H,20,22). The van der Waals surface area contributed by atoms with Crippen molar-refractivity contribution in [1.29, 1.82) is 0 Å². The number of likely N-dealkylation sites (tertiary alicyclic amines) is 1. The molecule has 3 heterocycles. The third kappa shape index (κ3) is 3.71. The third-order valence-corrected chi connectivity index (χ3v) is 4.59. The van der Waals surface area contributed by atoms with Crippen molar-refractivity contribution in [3.63, 3.8) is 0 Å². The van der Waals surface area contributed by atoms with E-state index in [2.05, 4.69) is 15.5 Å². The van der Waals surface area contributed by atoms with E-state index in [9.17, 15) is 4.79 Å². The maximum Gasteiger partial charge on any atom is 0.274 e. The summed E-state index contributed by atoms with van der Waals surface area (Å²) in [4.78, 5) is 14.4. The van der Waals surface area contributed by atoms with Gasteiger partial charge in [-0.3, -0.25) is 4.79 Å². The Balaban J connectivity index is 1.43. The van der Waals surface area contributed by atoms with Gasteiger partial charge in [-0.05, 0) is 37.1 Å². The van der Waals surface area contributed by atoms with Gasteiger partial charge >= 0.3 is 0 Å². The van der Waals surface area contributed by atoms with Crippen molar-refractivity contribution < 1.29 is 14.3 Å². The van der Waals surface area contributed by atoms with Crippen molar-refractivity contribution >= 4 is 17.4 Å². The molecule has 2 aliphatic heterocycles. The van der Waals surface area contributed by atoms with Gasteiger partial charge in [0.15, 0.2) is 23.0 Å². The van der Waals surface area contributed by atoms with Crippen LogP contribution in [0.3, 0.4) is 0 Å². The predicted octanol–water partition coefficient (Wildman–Crippen LogP) is 3.01. The maximum atomic E-state index is 12.6. The monoisotopic (exact) mass is 354 g/mol. The summed E-state index contributed by atoms with van der Waals surface area (Å²) in [7, 11) is 0. The van der Waals surface area contributed by atoms with Crippen LogP contribution >= 0.6 is 0 Å². The molecule has 7 nitrogen and oxygen atoms in total. The van der Waals surface area contributed by atoms with E-state index in [4.69, 9.17) is 9.47 Å². The number of carbonyl (C=O) groups is 1. The molecule has 0 aliphatic carbocycles. The van der Waals surface area contributed by atoms with E-state index < -0.39 is 0 Å². The molecular formula is C19H22N4O3. The highest BCUT2D eigenvalue weighted by atomic mass is 16.6. The number of aromatic nitrogens is 2. The second-order valence-electron chi connectivity index (χ2n) is 6.49. The van der Waals surface area contributed by atoms with Crippen LogP contribution in [0.5, 0.6) is 11.5 Å². The number of hydrogen-bond donors (Lipinski definition) is 1. The smallest absolute Gasteiger partial charge is 0.274 e. The van der Waals surface area contributed by atoms with Crippen molar-refractivity contribution in [2.24, 2.45) is 0 Å². The van der Waals surface area contributed by atoms with Crippen LogP contribution in [-0.2, 0) is 0 Å². The number of anilines is 2. The van der Waals surface area contributed by atoms with Gasteiger partial charge in [-0.25, -0.2) is 0 Å².